The van der Waals surface area contributed by atoms with E-state index in [0.717, 1.165) is 6.07 Å². The van der Waals surface area contributed by atoms with Crippen LogP contribution >= 0.6 is 15.9 Å². The lowest BCUT2D eigenvalue weighted by Gasteiger charge is -2.08. The predicted molar refractivity (Wildman–Crippen MR) is 77.0 cm³/mol. The molecule has 3 N–H and O–H groups in total. The molecule has 0 fully saturated rings. The Kier molecular flexibility index (Phi) is 4.14. The average molecular weight is 337 g/mol. The summed E-state index contributed by atoms with van der Waals surface area (Å²) < 4.78 is 14.2. The second kappa shape index (κ2) is 5.83. The number of nitrogens with two attached hydrogens (primary N) is 1. The standard InChI is InChI=1S/C14H10BrFN2O2/c15-10-4-2-1-3-9(10)14(20)18-12-7-8(13(17)19)5-6-11(12)16/h1-7H,(H2,17,19)(H,18,20). The first kappa shape index (κ1) is 14.2. The number of nitrogens with one attached hydrogen (secondary N) is 1. The third kappa shape index (κ3) is 3.03. The molecule has 2 amide bonds. The number of benzene rings is 2. The van der Waals surface area contributed by atoms with Crippen LogP contribution < -0.4 is 11.1 Å². The van der Waals surface area contributed by atoms with Gasteiger partial charge in [0.05, 0.1) is 11.3 Å². The quantitative estimate of drug-likeness (QED) is 0.904. The van der Waals surface area contributed by atoms with Crippen LogP contribution in [0.2, 0.25) is 0 Å². The first-order valence-corrected chi connectivity index (χ1v) is 6.43. The fourth-order valence-corrected chi connectivity index (χ4v) is 2.07. The van der Waals surface area contributed by atoms with E-state index < -0.39 is 17.6 Å². The van der Waals surface area contributed by atoms with Crippen molar-refractivity contribution < 1.29 is 14.0 Å². The van der Waals surface area contributed by atoms with E-state index in [1.54, 1.807) is 24.3 Å². The molecule has 20 heavy (non-hydrogen) atoms. The van der Waals surface area contributed by atoms with E-state index in [1.165, 1.54) is 12.1 Å². The number of carbonyl (C=O) groups is 2. The number of hydrogen-bond donors (Lipinski definition) is 2. The van der Waals surface area contributed by atoms with Crippen molar-refractivity contribution in [2.75, 3.05) is 5.32 Å². The van der Waals surface area contributed by atoms with E-state index in [2.05, 4.69) is 21.2 Å². The van der Waals surface area contributed by atoms with E-state index in [9.17, 15) is 14.0 Å². The van der Waals surface area contributed by atoms with Crippen molar-refractivity contribution in [1.29, 1.82) is 0 Å². The molecule has 0 aliphatic heterocycles. The first-order valence-electron chi connectivity index (χ1n) is 5.64. The van der Waals surface area contributed by atoms with Gasteiger partial charge in [-0.3, -0.25) is 9.59 Å². The van der Waals surface area contributed by atoms with Crippen molar-refractivity contribution in [3.05, 3.63) is 63.9 Å². The molecule has 0 bridgehead atoms. The van der Waals surface area contributed by atoms with Gasteiger partial charge < -0.3 is 11.1 Å². The molecule has 0 unspecified atom stereocenters. The molecule has 4 nitrogen and oxygen atoms in total. The van der Waals surface area contributed by atoms with Gasteiger partial charge in [-0.2, -0.15) is 0 Å². The fourth-order valence-electron chi connectivity index (χ4n) is 1.61. The molecule has 0 aliphatic rings. The van der Waals surface area contributed by atoms with Crippen LogP contribution in [-0.2, 0) is 0 Å². The SMILES string of the molecule is NC(=O)c1ccc(F)c(NC(=O)c2ccccc2Br)c1. The molecular weight excluding hydrogens is 327 g/mol. The number of primary amides is 1. The van der Waals surface area contributed by atoms with Gasteiger partial charge in [-0.15, -0.1) is 0 Å². The van der Waals surface area contributed by atoms with E-state index in [1.807, 2.05) is 0 Å². The van der Waals surface area contributed by atoms with Crippen LogP contribution in [-0.4, -0.2) is 11.8 Å². The summed E-state index contributed by atoms with van der Waals surface area (Å²) in [5.41, 5.74) is 5.50. The van der Waals surface area contributed by atoms with Gasteiger partial charge in [-0.1, -0.05) is 12.1 Å². The summed E-state index contributed by atoms with van der Waals surface area (Å²) in [6.45, 7) is 0. The van der Waals surface area contributed by atoms with Crippen LogP contribution in [0.25, 0.3) is 0 Å². The second-order valence-corrected chi connectivity index (χ2v) is 4.85. The highest BCUT2D eigenvalue weighted by molar-refractivity contribution is 9.10. The Hall–Kier alpha value is -2.21. The predicted octanol–water partition coefficient (Wildman–Crippen LogP) is 2.94. The largest absolute Gasteiger partial charge is 0.366 e. The topological polar surface area (TPSA) is 72.2 Å². The van der Waals surface area contributed by atoms with Gasteiger partial charge in [-0.25, -0.2) is 4.39 Å². The molecule has 0 spiro atoms. The summed E-state index contributed by atoms with van der Waals surface area (Å²) in [4.78, 5) is 23.1. The van der Waals surface area contributed by atoms with E-state index in [4.69, 9.17) is 5.73 Å². The number of rotatable bonds is 3. The summed E-state index contributed by atoms with van der Waals surface area (Å²) in [6, 6.07) is 10.3. The molecule has 2 aromatic rings. The summed E-state index contributed by atoms with van der Waals surface area (Å²) in [5, 5.41) is 2.41. The monoisotopic (exact) mass is 336 g/mol. The molecule has 0 atom stereocenters. The first-order chi connectivity index (χ1) is 9.49. The highest BCUT2D eigenvalue weighted by Gasteiger charge is 2.13. The summed E-state index contributed by atoms with van der Waals surface area (Å²) in [5.74, 6) is -1.82. The van der Waals surface area contributed by atoms with Crippen molar-refractivity contribution in [3.8, 4) is 0 Å². The zero-order chi connectivity index (χ0) is 14.7. The lowest BCUT2D eigenvalue weighted by Crippen LogP contribution is -2.16. The van der Waals surface area contributed by atoms with Gasteiger partial charge in [0.2, 0.25) is 5.91 Å². The summed E-state index contributed by atoms with van der Waals surface area (Å²) in [7, 11) is 0. The third-order valence-electron chi connectivity index (χ3n) is 2.62. The van der Waals surface area contributed by atoms with E-state index >= 15 is 0 Å². The van der Waals surface area contributed by atoms with Crippen molar-refractivity contribution in [2.45, 2.75) is 0 Å². The normalized spacial score (nSPS) is 10.1. The maximum Gasteiger partial charge on any atom is 0.256 e. The summed E-state index contributed by atoms with van der Waals surface area (Å²) in [6.07, 6.45) is 0. The highest BCUT2D eigenvalue weighted by Crippen LogP contribution is 2.20. The fraction of sp³-hybridized carbons (Fsp3) is 0. The number of halogens is 2. The van der Waals surface area contributed by atoms with Gasteiger partial charge in [0.1, 0.15) is 5.82 Å². The minimum atomic E-state index is -0.693. The molecule has 0 aliphatic carbocycles. The number of amides is 2. The molecule has 102 valence electrons. The molecule has 0 saturated heterocycles. The molecule has 2 aromatic carbocycles. The van der Waals surface area contributed by atoms with Gasteiger partial charge >= 0.3 is 0 Å². The van der Waals surface area contributed by atoms with Crippen LogP contribution in [0.15, 0.2) is 46.9 Å². The van der Waals surface area contributed by atoms with Gasteiger partial charge in [-0.05, 0) is 46.3 Å². The molecule has 0 radical (unpaired) electrons. The third-order valence-corrected chi connectivity index (χ3v) is 3.31. The Morgan fingerprint density at radius 1 is 1.15 bits per heavy atom. The van der Waals surface area contributed by atoms with Crippen LogP contribution in [0, 0.1) is 5.82 Å². The second-order valence-electron chi connectivity index (χ2n) is 3.99. The average Bonchev–Trinajstić information content (AvgIpc) is 2.41. The van der Waals surface area contributed by atoms with E-state index in [0.29, 0.717) is 10.0 Å². The molecule has 2 rings (SSSR count). The van der Waals surface area contributed by atoms with Crippen LogP contribution in [0.4, 0.5) is 10.1 Å². The Labute approximate surface area is 122 Å². The van der Waals surface area contributed by atoms with Crippen LogP contribution in [0.3, 0.4) is 0 Å². The Morgan fingerprint density at radius 2 is 1.85 bits per heavy atom. The number of anilines is 1. The van der Waals surface area contributed by atoms with E-state index in [-0.39, 0.29) is 11.3 Å². The Morgan fingerprint density at radius 3 is 2.50 bits per heavy atom. The molecule has 0 saturated carbocycles. The van der Waals surface area contributed by atoms with Gasteiger partial charge in [0.25, 0.3) is 5.91 Å². The molecule has 0 heterocycles. The van der Waals surface area contributed by atoms with Crippen molar-refractivity contribution >= 4 is 33.4 Å². The zero-order valence-electron chi connectivity index (χ0n) is 10.2. The van der Waals surface area contributed by atoms with Crippen LogP contribution in [0.5, 0.6) is 0 Å². The molecular formula is C14H10BrFN2O2. The van der Waals surface area contributed by atoms with Crippen molar-refractivity contribution in [2.24, 2.45) is 5.73 Å². The minimum absolute atomic E-state index is 0.0953. The lowest BCUT2D eigenvalue weighted by atomic mass is 10.1. The number of carbonyl (C=O) groups excluding carboxylic acids is 2. The highest BCUT2D eigenvalue weighted by atomic mass is 79.9. The van der Waals surface area contributed by atoms with Crippen LogP contribution in [0.1, 0.15) is 20.7 Å². The smallest absolute Gasteiger partial charge is 0.256 e. The molecule has 0 aromatic heterocycles. The maximum absolute atomic E-state index is 13.6. The Balaban J connectivity index is 2.30. The van der Waals surface area contributed by atoms with Crippen molar-refractivity contribution in [3.63, 3.8) is 0 Å². The molecule has 6 heteroatoms. The van der Waals surface area contributed by atoms with Gasteiger partial charge in [0.15, 0.2) is 0 Å². The Bertz CT molecular complexity index is 689. The van der Waals surface area contributed by atoms with Crippen molar-refractivity contribution in [1.82, 2.24) is 0 Å². The minimum Gasteiger partial charge on any atom is -0.366 e. The lowest BCUT2D eigenvalue weighted by molar-refractivity contribution is 0.0996. The number of hydrogen-bond acceptors (Lipinski definition) is 2. The van der Waals surface area contributed by atoms with Gasteiger partial charge in [0, 0.05) is 10.0 Å². The zero-order valence-corrected chi connectivity index (χ0v) is 11.8. The maximum atomic E-state index is 13.6. The summed E-state index contributed by atoms with van der Waals surface area (Å²) >= 11 is 3.24.